The smallest absolute Gasteiger partial charge is 0.268 e. The largest absolute Gasteiger partial charge is 0.496 e. The van der Waals surface area contributed by atoms with Crippen molar-refractivity contribution >= 4 is 45.0 Å². The SMILES string of the molecule is COc1cc(OC)c2cc(C(=O)N[C@H](C)C(=O)Nc3nc(C(C)=O)cs3)[nH]c2c1OC. The molecule has 2 heterocycles. The van der Waals surface area contributed by atoms with E-state index in [1.54, 1.807) is 24.4 Å². The number of benzene rings is 1. The van der Waals surface area contributed by atoms with Crippen LogP contribution in [0, 0.1) is 0 Å². The third-order valence-corrected chi connectivity index (χ3v) is 5.28. The average Bonchev–Trinajstić information content (AvgIpc) is 3.39. The van der Waals surface area contributed by atoms with Gasteiger partial charge in [0, 0.05) is 23.8 Å². The topological polar surface area (TPSA) is 132 Å². The van der Waals surface area contributed by atoms with Gasteiger partial charge in [-0.2, -0.15) is 0 Å². The van der Waals surface area contributed by atoms with Crippen molar-refractivity contribution in [1.29, 1.82) is 0 Å². The van der Waals surface area contributed by atoms with Gasteiger partial charge in [-0.05, 0) is 13.0 Å². The van der Waals surface area contributed by atoms with Crippen LogP contribution in [0.1, 0.15) is 34.8 Å². The van der Waals surface area contributed by atoms with E-state index in [0.29, 0.717) is 28.2 Å². The van der Waals surface area contributed by atoms with E-state index in [9.17, 15) is 14.4 Å². The lowest BCUT2D eigenvalue weighted by atomic mass is 10.2. The molecule has 0 saturated carbocycles. The summed E-state index contributed by atoms with van der Waals surface area (Å²) in [5, 5.41) is 7.68. The molecule has 0 spiro atoms. The number of fused-ring (bicyclic) bond motifs is 1. The number of ether oxygens (including phenoxy) is 3. The van der Waals surface area contributed by atoms with Crippen molar-refractivity contribution in [3.63, 3.8) is 0 Å². The van der Waals surface area contributed by atoms with Gasteiger partial charge in [0.05, 0.1) is 26.8 Å². The van der Waals surface area contributed by atoms with Gasteiger partial charge in [0.15, 0.2) is 22.4 Å². The summed E-state index contributed by atoms with van der Waals surface area (Å²) in [6.45, 7) is 2.93. The molecule has 164 valence electrons. The molecule has 31 heavy (non-hydrogen) atoms. The molecular weight excluding hydrogens is 424 g/mol. The van der Waals surface area contributed by atoms with Crippen molar-refractivity contribution in [1.82, 2.24) is 15.3 Å². The molecule has 0 aliphatic rings. The van der Waals surface area contributed by atoms with Crippen LogP contribution in [0.3, 0.4) is 0 Å². The number of H-pyrrole nitrogens is 1. The predicted molar refractivity (Wildman–Crippen MR) is 116 cm³/mol. The molecular formula is C20H22N4O6S. The Morgan fingerprint density at radius 2 is 1.81 bits per heavy atom. The highest BCUT2D eigenvalue weighted by molar-refractivity contribution is 7.14. The van der Waals surface area contributed by atoms with Crippen LogP contribution in [0.5, 0.6) is 17.2 Å². The second-order valence-corrected chi connectivity index (χ2v) is 7.42. The number of anilines is 1. The van der Waals surface area contributed by atoms with Gasteiger partial charge in [0.25, 0.3) is 5.91 Å². The first-order valence-electron chi connectivity index (χ1n) is 9.18. The zero-order valence-electron chi connectivity index (χ0n) is 17.6. The molecule has 0 unspecified atom stereocenters. The van der Waals surface area contributed by atoms with Crippen LogP contribution < -0.4 is 24.8 Å². The van der Waals surface area contributed by atoms with Gasteiger partial charge in [-0.15, -0.1) is 11.3 Å². The molecule has 0 radical (unpaired) electrons. The van der Waals surface area contributed by atoms with Gasteiger partial charge < -0.3 is 29.8 Å². The molecule has 10 nitrogen and oxygen atoms in total. The number of carbonyl (C=O) groups excluding carboxylic acids is 3. The minimum Gasteiger partial charge on any atom is -0.496 e. The Bertz CT molecular complexity index is 1150. The van der Waals surface area contributed by atoms with Crippen LogP contribution in [0.15, 0.2) is 17.5 Å². The summed E-state index contributed by atoms with van der Waals surface area (Å²) in [5.41, 5.74) is 1.02. The van der Waals surface area contributed by atoms with Crippen LogP contribution in [0.25, 0.3) is 10.9 Å². The Morgan fingerprint density at radius 3 is 2.39 bits per heavy atom. The van der Waals surface area contributed by atoms with E-state index in [-0.39, 0.29) is 22.3 Å². The first kappa shape index (κ1) is 22.1. The molecule has 0 saturated heterocycles. The zero-order valence-corrected chi connectivity index (χ0v) is 18.4. The molecule has 3 N–H and O–H groups in total. The van der Waals surface area contributed by atoms with E-state index in [0.717, 1.165) is 11.3 Å². The van der Waals surface area contributed by atoms with Crippen molar-refractivity contribution in [3.05, 3.63) is 28.9 Å². The quantitative estimate of drug-likeness (QED) is 0.453. The van der Waals surface area contributed by atoms with Gasteiger partial charge in [-0.3, -0.25) is 14.4 Å². The van der Waals surface area contributed by atoms with Gasteiger partial charge in [0.2, 0.25) is 5.91 Å². The summed E-state index contributed by atoms with van der Waals surface area (Å²) in [5.74, 6) is 0.212. The van der Waals surface area contributed by atoms with Gasteiger partial charge in [0.1, 0.15) is 23.2 Å². The Labute approximate surface area is 181 Å². The first-order chi connectivity index (χ1) is 14.8. The molecule has 1 aromatic carbocycles. The maximum atomic E-state index is 12.7. The molecule has 2 amide bonds. The van der Waals surface area contributed by atoms with Crippen molar-refractivity contribution in [2.75, 3.05) is 26.6 Å². The fraction of sp³-hybridized carbons (Fsp3) is 0.300. The highest BCUT2D eigenvalue weighted by Gasteiger charge is 2.22. The third kappa shape index (κ3) is 4.45. The summed E-state index contributed by atoms with van der Waals surface area (Å²) in [4.78, 5) is 43.5. The number of amides is 2. The minimum absolute atomic E-state index is 0.195. The highest BCUT2D eigenvalue weighted by Crippen LogP contribution is 2.41. The molecule has 1 atom stereocenters. The van der Waals surface area contributed by atoms with E-state index in [1.807, 2.05) is 0 Å². The van der Waals surface area contributed by atoms with E-state index in [1.165, 1.54) is 28.3 Å². The lowest BCUT2D eigenvalue weighted by Gasteiger charge is -2.12. The normalized spacial score (nSPS) is 11.6. The molecule has 0 fully saturated rings. The number of rotatable bonds is 8. The van der Waals surface area contributed by atoms with Gasteiger partial charge in [-0.1, -0.05) is 0 Å². The van der Waals surface area contributed by atoms with Crippen molar-refractivity contribution < 1.29 is 28.6 Å². The number of ketones is 1. The summed E-state index contributed by atoms with van der Waals surface area (Å²) in [6.07, 6.45) is 0. The lowest BCUT2D eigenvalue weighted by Crippen LogP contribution is -2.41. The van der Waals surface area contributed by atoms with Crippen LogP contribution in [-0.4, -0.2) is 54.9 Å². The molecule has 0 aliphatic carbocycles. The number of hydrogen-bond acceptors (Lipinski definition) is 8. The number of hydrogen-bond donors (Lipinski definition) is 3. The Kier molecular flexibility index (Phi) is 6.44. The number of methoxy groups -OCH3 is 3. The van der Waals surface area contributed by atoms with Crippen LogP contribution in [-0.2, 0) is 4.79 Å². The maximum Gasteiger partial charge on any atom is 0.268 e. The average molecular weight is 446 g/mol. The summed E-state index contributed by atoms with van der Waals surface area (Å²) in [6, 6.07) is 2.41. The number of aromatic amines is 1. The standard InChI is InChI=1S/C20H22N4O6S/c1-9(18(26)24-20-23-13(8-31-20)10(2)25)21-19(27)12-6-11-14(28-3)7-15(29-4)17(30-5)16(11)22-12/h6-9,22H,1-5H3,(H,21,27)(H,23,24,26)/t9-/m1/s1. The monoisotopic (exact) mass is 446 g/mol. The second-order valence-electron chi connectivity index (χ2n) is 6.56. The molecule has 3 aromatic rings. The summed E-state index contributed by atoms with van der Waals surface area (Å²) >= 11 is 1.13. The maximum absolute atomic E-state index is 12.7. The van der Waals surface area contributed by atoms with Crippen LogP contribution in [0.2, 0.25) is 0 Å². The van der Waals surface area contributed by atoms with E-state index < -0.39 is 17.9 Å². The number of carbonyl (C=O) groups is 3. The second kappa shape index (κ2) is 9.04. The summed E-state index contributed by atoms with van der Waals surface area (Å²) in [7, 11) is 4.50. The van der Waals surface area contributed by atoms with Crippen molar-refractivity contribution in [3.8, 4) is 17.2 Å². The molecule has 11 heteroatoms. The van der Waals surface area contributed by atoms with E-state index in [2.05, 4.69) is 20.6 Å². The van der Waals surface area contributed by atoms with Crippen molar-refractivity contribution in [2.45, 2.75) is 19.9 Å². The third-order valence-electron chi connectivity index (χ3n) is 4.52. The molecule has 0 bridgehead atoms. The molecule has 0 aliphatic heterocycles. The predicted octanol–water partition coefficient (Wildman–Crippen LogP) is 2.61. The number of nitrogens with zero attached hydrogens (tertiary/aromatic N) is 1. The number of Topliss-reactive ketones (excluding diaryl/α,β-unsaturated/α-hetero) is 1. The fourth-order valence-corrected chi connectivity index (χ4v) is 3.66. The number of nitrogens with one attached hydrogen (secondary N) is 3. The first-order valence-corrected chi connectivity index (χ1v) is 10.1. The minimum atomic E-state index is -0.859. The molecule has 2 aromatic heterocycles. The van der Waals surface area contributed by atoms with E-state index >= 15 is 0 Å². The van der Waals surface area contributed by atoms with Gasteiger partial charge in [-0.25, -0.2) is 4.98 Å². The lowest BCUT2D eigenvalue weighted by molar-refractivity contribution is -0.117. The number of thiazole rings is 1. The Morgan fingerprint density at radius 1 is 1.10 bits per heavy atom. The van der Waals surface area contributed by atoms with Crippen molar-refractivity contribution in [2.24, 2.45) is 0 Å². The van der Waals surface area contributed by atoms with Crippen LogP contribution >= 0.6 is 11.3 Å². The fourth-order valence-electron chi connectivity index (χ4n) is 2.91. The molecule has 3 rings (SSSR count). The highest BCUT2D eigenvalue weighted by atomic mass is 32.1. The van der Waals surface area contributed by atoms with Crippen LogP contribution in [0.4, 0.5) is 5.13 Å². The Hall–Kier alpha value is -3.60. The summed E-state index contributed by atoms with van der Waals surface area (Å²) < 4.78 is 16.1. The van der Waals surface area contributed by atoms with E-state index in [4.69, 9.17) is 14.2 Å². The Balaban J connectivity index is 1.78. The van der Waals surface area contributed by atoms with Gasteiger partial charge >= 0.3 is 0 Å². The number of aromatic nitrogens is 2. The zero-order chi connectivity index (χ0) is 22.7.